The maximum Gasteiger partial charge on any atom is 0.191 e. The van der Waals surface area contributed by atoms with Crippen molar-refractivity contribution in [1.29, 1.82) is 0 Å². The summed E-state index contributed by atoms with van der Waals surface area (Å²) in [5.74, 6) is 0.810. The summed E-state index contributed by atoms with van der Waals surface area (Å²) < 4.78 is 0. The SMILES string of the molecule is CCNC(=NCc1nc(C)c(C)s1)NCCc1ccccc1Cl. The number of nitrogens with one attached hydrogen (secondary N) is 2. The normalized spacial score (nSPS) is 11.6. The van der Waals surface area contributed by atoms with Gasteiger partial charge in [-0.2, -0.15) is 0 Å². The van der Waals surface area contributed by atoms with Crippen LogP contribution in [0.5, 0.6) is 0 Å². The number of aliphatic imine (C=N–C) groups is 1. The van der Waals surface area contributed by atoms with E-state index in [4.69, 9.17) is 11.6 Å². The van der Waals surface area contributed by atoms with Crippen LogP contribution in [0.25, 0.3) is 0 Å². The van der Waals surface area contributed by atoms with Gasteiger partial charge in [-0.1, -0.05) is 29.8 Å². The maximum atomic E-state index is 6.18. The van der Waals surface area contributed by atoms with Crippen LogP contribution in [0.4, 0.5) is 0 Å². The molecule has 0 unspecified atom stereocenters. The molecular formula is C17H23ClN4S. The minimum atomic E-state index is 0.598. The second-order valence-corrected chi connectivity index (χ2v) is 6.91. The van der Waals surface area contributed by atoms with Crippen LogP contribution in [0, 0.1) is 13.8 Å². The molecule has 2 N–H and O–H groups in total. The van der Waals surface area contributed by atoms with E-state index < -0.39 is 0 Å². The van der Waals surface area contributed by atoms with Crippen molar-refractivity contribution in [2.75, 3.05) is 13.1 Å². The number of hydrogen-bond acceptors (Lipinski definition) is 3. The summed E-state index contributed by atoms with van der Waals surface area (Å²) in [5.41, 5.74) is 2.24. The molecule has 4 nitrogen and oxygen atoms in total. The zero-order valence-corrected chi connectivity index (χ0v) is 15.4. The molecule has 1 aromatic heterocycles. The van der Waals surface area contributed by atoms with Gasteiger partial charge < -0.3 is 10.6 Å². The van der Waals surface area contributed by atoms with E-state index in [0.29, 0.717) is 6.54 Å². The number of hydrogen-bond donors (Lipinski definition) is 2. The van der Waals surface area contributed by atoms with E-state index in [1.807, 2.05) is 25.1 Å². The average Bonchev–Trinajstić information content (AvgIpc) is 2.85. The summed E-state index contributed by atoms with van der Waals surface area (Å²) in [5, 5.41) is 8.46. The third-order valence-electron chi connectivity index (χ3n) is 3.43. The number of halogens is 1. The van der Waals surface area contributed by atoms with Gasteiger partial charge in [0.15, 0.2) is 5.96 Å². The highest BCUT2D eigenvalue weighted by Crippen LogP contribution is 2.17. The summed E-state index contributed by atoms with van der Waals surface area (Å²) in [4.78, 5) is 10.4. The Hall–Kier alpha value is -1.59. The molecule has 0 aliphatic heterocycles. The minimum Gasteiger partial charge on any atom is -0.357 e. The highest BCUT2D eigenvalue weighted by atomic mass is 35.5. The molecule has 1 aromatic carbocycles. The van der Waals surface area contributed by atoms with Crippen molar-refractivity contribution in [2.45, 2.75) is 33.7 Å². The molecule has 0 aliphatic carbocycles. The zero-order valence-electron chi connectivity index (χ0n) is 13.8. The Morgan fingerprint density at radius 2 is 2.04 bits per heavy atom. The average molecular weight is 351 g/mol. The van der Waals surface area contributed by atoms with Crippen molar-refractivity contribution in [3.63, 3.8) is 0 Å². The molecule has 0 spiro atoms. The molecule has 124 valence electrons. The molecule has 0 saturated heterocycles. The van der Waals surface area contributed by atoms with Gasteiger partial charge in [0.05, 0.1) is 12.2 Å². The standard InChI is InChI=1S/C17H23ClN4S/c1-4-19-17(21-11-16-22-12(2)13(3)23-16)20-10-9-14-7-5-6-8-15(14)18/h5-8H,4,9-11H2,1-3H3,(H2,19,20,21). The maximum absolute atomic E-state index is 6.18. The van der Waals surface area contributed by atoms with Gasteiger partial charge in [0.25, 0.3) is 0 Å². The second kappa shape index (κ2) is 8.89. The number of thiazole rings is 1. The van der Waals surface area contributed by atoms with Crippen LogP contribution in [0.2, 0.25) is 5.02 Å². The topological polar surface area (TPSA) is 49.3 Å². The smallest absolute Gasteiger partial charge is 0.191 e. The molecule has 23 heavy (non-hydrogen) atoms. The summed E-state index contributed by atoms with van der Waals surface area (Å²) in [6.45, 7) is 8.39. The van der Waals surface area contributed by atoms with Crippen molar-refractivity contribution in [1.82, 2.24) is 15.6 Å². The molecule has 2 aromatic rings. The number of guanidine groups is 1. The summed E-state index contributed by atoms with van der Waals surface area (Å²) >= 11 is 7.88. The van der Waals surface area contributed by atoms with Crippen molar-refractivity contribution in [3.05, 3.63) is 50.4 Å². The van der Waals surface area contributed by atoms with Crippen LogP contribution in [0.3, 0.4) is 0 Å². The van der Waals surface area contributed by atoms with Crippen molar-refractivity contribution >= 4 is 28.9 Å². The first-order valence-electron chi connectivity index (χ1n) is 7.78. The largest absolute Gasteiger partial charge is 0.357 e. The summed E-state index contributed by atoms with van der Waals surface area (Å²) in [6.07, 6.45) is 0.861. The Morgan fingerprint density at radius 1 is 1.26 bits per heavy atom. The first-order chi connectivity index (χ1) is 11.1. The fourth-order valence-corrected chi connectivity index (χ4v) is 3.20. The van der Waals surface area contributed by atoms with Crippen molar-refractivity contribution < 1.29 is 0 Å². The lowest BCUT2D eigenvalue weighted by molar-refractivity contribution is 0.798. The van der Waals surface area contributed by atoms with Crippen LogP contribution >= 0.6 is 22.9 Å². The van der Waals surface area contributed by atoms with Gasteiger partial charge in [0, 0.05) is 23.0 Å². The first kappa shape index (κ1) is 17.8. The Labute approximate surface area is 147 Å². The van der Waals surface area contributed by atoms with Crippen molar-refractivity contribution in [2.24, 2.45) is 4.99 Å². The van der Waals surface area contributed by atoms with E-state index in [1.54, 1.807) is 11.3 Å². The van der Waals surface area contributed by atoms with E-state index in [9.17, 15) is 0 Å². The quantitative estimate of drug-likeness (QED) is 0.616. The van der Waals surface area contributed by atoms with Crippen molar-refractivity contribution in [3.8, 4) is 0 Å². The fraction of sp³-hybridized carbons (Fsp3) is 0.412. The molecule has 0 atom stereocenters. The Kier molecular flexibility index (Phi) is 6.86. The summed E-state index contributed by atoms with van der Waals surface area (Å²) in [6, 6.07) is 7.93. The van der Waals surface area contributed by atoms with Gasteiger partial charge in [0.2, 0.25) is 0 Å². The van der Waals surface area contributed by atoms with Crippen LogP contribution in [0.1, 0.15) is 28.1 Å². The molecule has 0 saturated carbocycles. The predicted molar refractivity (Wildman–Crippen MR) is 99.6 cm³/mol. The number of aryl methyl sites for hydroxylation is 2. The van der Waals surface area contributed by atoms with E-state index in [1.165, 1.54) is 4.88 Å². The molecule has 0 aliphatic rings. The molecule has 6 heteroatoms. The molecule has 1 heterocycles. The molecule has 0 fully saturated rings. The lowest BCUT2D eigenvalue weighted by Crippen LogP contribution is -2.38. The molecule has 0 amide bonds. The molecule has 2 rings (SSSR count). The first-order valence-corrected chi connectivity index (χ1v) is 8.98. The van der Waals surface area contributed by atoms with E-state index >= 15 is 0 Å². The van der Waals surface area contributed by atoms with Gasteiger partial charge in [-0.05, 0) is 38.8 Å². The second-order valence-electron chi connectivity index (χ2n) is 5.21. The Bertz CT molecular complexity index is 647. The van der Waals surface area contributed by atoms with E-state index in [0.717, 1.165) is 46.8 Å². The number of benzene rings is 1. The summed E-state index contributed by atoms with van der Waals surface area (Å²) in [7, 11) is 0. The number of aromatic nitrogens is 1. The monoisotopic (exact) mass is 350 g/mol. The lowest BCUT2D eigenvalue weighted by Gasteiger charge is -2.11. The van der Waals surface area contributed by atoms with Gasteiger partial charge in [-0.25, -0.2) is 9.98 Å². The highest BCUT2D eigenvalue weighted by Gasteiger charge is 2.04. The lowest BCUT2D eigenvalue weighted by atomic mass is 10.1. The zero-order chi connectivity index (χ0) is 16.7. The van der Waals surface area contributed by atoms with Crippen LogP contribution < -0.4 is 10.6 Å². The minimum absolute atomic E-state index is 0.598. The van der Waals surface area contributed by atoms with E-state index in [-0.39, 0.29) is 0 Å². The number of rotatable bonds is 6. The predicted octanol–water partition coefficient (Wildman–Crippen LogP) is 3.71. The van der Waals surface area contributed by atoms with Crippen LogP contribution in [-0.2, 0) is 13.0 Å². The third-order valence-corrected chi connectivity index (χ3v) is 4.86. The van der Waals surface area contributed by atoms with Gasteiger partial charge in [-0.15, -0.1) is 11.3 Å². The van der Waals surface area contributed by atoms with Gasteiger partial charge >= 0.3 is 0 Å². The van der Waals surface area contributed by atoms with Gasteiger partial charge in [-0.3, -0.25) is 0 Å². The van der Waals surface area contributed by atoms with Crippen LogP contribution in [-0.4, -0.2) is 24.0 Å². The third kappa shape index (κ3) is 5.52. The molecular weight excluding hydrogens is 328 g/mol. The Morgan fingerprint density at radius 3 is 2.70 bits per heavy atom. The van der Waals surface area contributed by atoms with E-state index in [2.05, 4.69) is 40.5 Å². The van der Waals surface area contributed by atoms with Crippen LogP contribution in [0.15, 0.2) is 29.3 Å². The number of nitrogens with zero attached hydrogens (tertiary/aromatic N) is 2. The highest BCUT2D eigenvalue weighted by molar-refractivity contribution is 7.11. The molecule has 0 bridgehead atoms. The van der Waals surface area contributed by atoms with Gasteiger partial charge in [0.1, 0.15) is 5.01 Å². The Balaban J connectivity index is 1.90. The molecule has 0 radical (unpaired) electrons. The fourth-order valence-electron chi connectivity index (χ4n) is 2.11.